The Labute approximate surface area is 536 Å². The van der Waals surface area contributed by atoms with Crippen molar-refractivity contribution in [1.82, 2.24) is 14.7 Å². The topological polar surface area (TPSA) is 199 Å². The van der Waals surface area contributed by atoms with Crippen molar-refractivity contribution in [3.8, 4) is 0 Å². The minimum atomic E-state index is -2.23. The molecule has 0 aromatic heterocycles. The zero-order chi connectivity index (χ0) is 64.6. The Morgan fingerprint density at radius 2 is 0.978 bits per heavy atom. The number of aliphatic hydroxyl groups is 3. The van der Waals surface area contributed by atoms with E-state index in [9.17, 15) is 29.5 Å². The van der Waals surface area contributed by atoms with Gasteiger partial charge in [-0.1, -0.05) is 96.8 Å². The molecule has 9 aliphatic carbocycles. The summed E-state index contributed by atoms with van der Waals surface area (Å²) in [6, 6.07) is 21.6. The highest BCUT2D eigenvalue weighted by Gasteiger charge is 2.67. The van der Waals surface area contributed by atoms with E-state index in [2.05, 4.69) is 115 Å². The summed E-state index contributed by atoms with van der Waals surface area (Å²) in [7, 11) is -2.23. The highest BCUT2D eigenvalue weighted by Crippen LogP contribution is 2.62. The van der Waals surface area contributed by atoms with E-state index in [0.717, 1.165) is 114 Å². The molecule has 0 amide bonds. The molecule has 0 radical (unpaired) electrons. The van der Waals surface area contributed by atoms with E-state index in [4.69, 9.17) is 19.2 Å². The number of likely N-dealkylation sites (tertiary alicyclic amines) is 3. The van der Waals surface area contributed by atoms with Crippen molar-refractivity contribution in [2.45, 2.75) is 234 Å². The molecule has 15 heteroatoms. The van der Waals surface area contributed by atoms with Gasteiger partial charge in [-0.3, -0.25) is 24.3 Å². The van der Waals surface area contributed by atoms with Crippen LogP contribution >= 0.6 is 7.14 Å². The van der Waals surface area contributed by atoms with Crippen molar-refractivity contribution in [2.75, 3.05) is 65.4 Å². The van der Waals surface area contributed by atoms with Gasteiger partial charge in [-0.05, 0) is 246 Å². The Balaban J connectivity index is 0.000000133. The number of nitrogens with zero attached hydrogens (tertiary/aromatic N) is 3. The Kier molecular flexibility index (Phi) is 20.7. The average molecular weight is 1250 g/mol. The van der Waals surface area contributed by atoms with Gasteiger partial charge in [0.15, 0.2) is 0 Å². The molecular formula is C75H104N3O11P. The number of Topliss-reactive ketones (excluding diaryl/α,β-unsaturated/α-hetero) is 1. The van der Waals surface area contributed by atoms with Crippen molar-refractivity contribution >= 4 is 31.2 Å². The van der Waals surface area contributed by atoms with Crippen LogP contribution in [-0.4, -0.2) is 154 Å². The molecule has 12 aliphatic rings. The quantitative estimate of drug-likeness (QED) is 0.0984. The van der Waals surface area contributed by atoms with Crippen molar-refractivity contribution in [2.24, 2.45) is 23.7 Å². The second-order valence-electron chi connectivity index (χ2n) is 30.4. The number of piperidine rings is 3. The van der Waals surface area contributed by atoms with E-state index in [0.29, 0.717) is 43.7 Å². The first kappa shape index (κ1) is 68.2. The Hall–Kier alpha value is -4.71. The third-order valence-corrected chi connectivity index (χ3v) is 24.8. The monoisotopic (exact) mass is 1250 g/mol. The number of hydrogen-bond donors (Lipinski definition) is 3. The van der Waals surface area contributed by atoms with Gasteiger partial charge in [0.25, 0.3) is 0 Å². The van der Waals surface area contributed by atoms with Gasteiger partial charge in [0.1, 0.15) is 5.78 Å². The minimum Gasteiger partial charge on any atom is -0.466 e. The molecule has 3 heterocycles. The molecule has 490 valence electrons. The number of fused-ring (bicyclic) bond motifs is 3. The lowest BCUT2D eigenvalue weighted by Crippen LogP contribution is -2.73. The molecule has 3 saturated heterocycles. The van der Waals surface area contributed by atoms with E-state index in [1.54, 1.807) is 25.8 Å². The molecule has 10 atom stereocenters. The fourth-order valence-electron chi connectivity index (χ4n) is 19.1. The predicted octanol–water partition coefficient (Wildman–Crippen LogP) is 11.1. The van der Waals surface area contributed by atoms with E-state index in [1.807, 2.05) is 0 Å². The molecular weight excluding hydrogens is 1150 g/mol. The summed E-state index contributed by atoms with van der Waals surface area (Å²) in [4.78, 5) is 63.5. The summed E-state index contributed by atoms with van der Waals surface area (Å²) in [6.45, 7) is 23.3. The second kappa shape index (κ2) is 27.3. The maximum absolute atomic E-state index is 12.4. The normalized spacial score (nSPS) is 33.8. The van der Waals surface area contributed by atoms with Crippen LogP contribution in [0.2, 0.25) is 0 Å². The Morgan fingerprint density at radius 1 is 0.589 bits per heavy atom. The second-order valence-corrected chi connectivity index (χ2v) is 33.9. The van der Waals surface area contributed by atoms with Crippen LogP contribution < -0.4 is 0 Å². The molecule has 0 unspecified atom stereocenters. The molecule has 14 nitrogen and oxygen atoms in total. The number of aryl methyl sites for hydroxylation is 3. The van der Waals surface area contributed by atoms with Gasteiger partial charge >= 0.3 is 18.3 Å². The highest BCUT2D eigenvalue weighted by molar-refractivity contribution is 7.63. The summed E-state index contributed by atoms with van der Waals surface area (Å²) in [5, 5.41) is 36.2. The third-order valence-electron chi connectivity index (χ3n) is 23.8. The lowest BCUT2D eigenvalue weighted by Gasteiger charge is -2.65. The summed E-state index contributed by atoms with van der Waals surface area (Å²) in [6.07, 6.45) is 26.8. The molecule has 15 rings (SSSR count). The van der Waals surface area contributed by atoms with Crippen molar-refractivity contribution in [3.05, 3.63) is 116 Å². The first-order valence-corrected chi connectivity index (χ1v) is 37.2. The largest absolute Gasteiger partial charge is 0.466 e. The van der Waals surface area contributed by atoms with Crippen LogP contribution in [0.1, 0.15) is 193 Å². The van der Waals surface area contributed by atoms with Crippen LogP contribution in [-0.2, 0) is 73.6 Å². The fourth-order valence-corrected chi connectivity index (χ4v) is 19.8. The van der Waals surface area contributed by atoms with Crippen LogP contribution in [0.5, 0.6) is 0 Å². The summed E-state index contributed by atoms with van der Waals surface area (Å²) in [5.41, 5.74) is 12.0. The standard InChI is InChI=1S/C24H33NO.C22H31NO.C21H27NO2.C6H13O3P.2CO2/c1-3-4-18-9-10-24(26)22-14-20-8-5-17(2)13-21(20)23(24,15-18)11-12-25(22)16-19-6-7-19;1-15-3-6-18-12-20-22(24)8-7-16(2)13-21(22,19(18)11-15)9-10-23(20)14-17-4-5-17;1-14-2-5-16-11-19-21(24)7-6-17(23)12-20(21,18(16)10-14)8-9-22(19)13-15-3-4-15;1-4-9-6(7)5-10(2,3)8;2*2-1-3/h4-5,8,13,19,22,26H,3,6-7,9-12,14-16H2,1-2H3;3,6,11,16-17,20,24H,4-5,7-10,12-14H2,1-2H3;2,5,10,15,19,24H,3-4,6-9,11-13H2,1H3;4-5H2,1-3H3;;/b18-4-;;;;;/t22-,23-,24-;16-,20-,21-,22-;19-,20-,21-;;;/m111.../s1. The Morgan fingerprint density at radius 3 is 1.38 bits per heavy atom. The number of rotatable bonds is 10. The van der Waals surface area contributed by atoms with Crippen LogP contribution in [0.15, 0.2) is 66.2 Å². The van der Waals surface area contributed by atoms with Crippen LogP contribution in [0.3, 0.4) is 0 Å². The minimum absolute atomic E-state index is 0.00892. The number of ether oxygens (including phenoxy) is 1. The molecule has 3 aromatic carbocycles. The summed E-state index contributed by atoms with van der Waals surface area (Å²) in [5.74, 6) is 3.34. The molecule has 6 saturated carbocycles. The van der Waals surface area contributed by atoms with Gasteiger partial charge in [0, 0.05) is 66.8 Å². The lowest BCUT2D eigenvalue weighted by atomic mass is 9.48. The maximum Gasteiger partial charge on any atom is 0.373 e. The molecule has 3 aromatic rings. The fraction of sp³-hybridized carbons (Fsp3) is 0.680. The number of carbonyl (C=O) groups excluding carboxylic acids is 6. The van der Waals surface area contributed by atoms with Crippen molar-refractivity contribution in [3.63, 3.8) is 0 Å². The molecule has 6 bridgehead atoms. The average Bonchev–Trinajstić information content (AvgIpc) is 1.18. The molecule has 9 fully saturated rings. The van der Waals surface area contributed by atoms with E-state index >= 15 is 0 Å². The number of ketones is 1. The van der Waals surface area contributed by atoms with Gasteiger partial charge in [-0.15, -0.1) is 0 Å². The van der Waals surface area contributed by atoms with Crippen LogP contribution in [0, 0.1) is 44.4 Å². The molecule has 3 aliphatic heterocycles. The zero-order valence-corrected chi connectivity index (χ0v) is 56.3. The first-order valence-electron chi connectivity index (χ1n) is 34.4. The van der Waals surface area contributed by atoms with E-state index in [1.165, 1.54) is 121 Å². The van der Waals surface area contributed by atoms with Gasteiger partial charge < -0.3 is 24.6 Å². The molecule has 3 N–H and O–H groups in total. The van der Waals surface area contributed by atoms with Crippen LogP contribution in [0.25, 0.3) is 0 Å². The SMILES string of the molecule is CC/C=C1/CC[C@@]2(O)[C@H]3Cc4ccc(C)cc4[C@@]2(CCN3CC2CC2)C1.CCOC(=O)CP(C)(C)=O.Cc1ccc2c(c1)[C@]13CCN(CC4CC4)[C@H](C2)[C@]1(O)CCC(=O)C3.Cc1ccc2c(c1)[C@]13CCN(CC4CC4)[C@H](C2)[C@]1(O)CC[C@@H](C)C3.O=C=O.O=C=O. The number of esters is 1. The highest BCUT2D eigenvalue weighted by atomic mass is 31.2. The number of benzene rings is 3. The van der Waals surface area contributed by atoms with Gasteiger partial charge in [-0.25, -0.2) is 0 Å². The number of hydrogen-bond acceptors (Lipinski definition) is 14. The van der Waals surface area contributed by atoms with Crippen molar-refractivity contribution in [1.29, 1.82) is 0 Å². The van der Waals surface area contributed by atoms with Crippen LogP contribution in [0.4, 0.5) is 0 Å². The van der Waals surface area contributed by atoms with Crippen molar-refractivity contribution < 1.29 is 53.4 Å². The van der Waals surface area contributed by atoms with Gasteiger partial charge in [-0.2, -0.15) is 19.2 Å². The maximum atomic E-state index is 12.4. The van der Waals surface area contributed by atoms with Gasteiger partial charge in [0.2, 0.25) is 0 Å². The summed E-state index contributed by atoms with van der Waals surface area (Å²) >= 11 is 0. The van der Waals surface area contributed by atoms with E-state index in [-0.39, 0.29) is 46.7 Å². The number of allylic oxidation sites excluding steroid dienone is 2. The predicted molar refractivity (Wildman–Crippen MR) is 348 cm³/mol. The number of carbonyl (C=O) groups is 2. The lowest BCUT2D eigenvalue weighted by molar-refractivity contribution is -0.193. The summed E-state index contributed by atoms with van der Waals surface area (Å²) < 4.78 is 15.6. The smallest absolute Gasteiger partial charge is 0.373 e. The Bertz CT molecular complexity index is 3250. The third kappa shape index (κ3) is 13.5. The van der Waals surface area contributed by atoms with Gasteiger partial charge in [0.05, 0.1) is 36.7 Å². The molecule has 0 spiro atoms. The van der Waals surface area contributed by atoms with E-state index < -0.39 is 23.9 Å². The first-order chi connectivity index (χ1) is 42.9. The zero-order valence-electron chi connectivity index (χ0n) is 55.4. The molecule has 90 heavy (non-hydrogen) atoms.